The van der Waals surface area contributed by atoms with Crippen molar-refractivity contribution >= 4 is 35.5 Å². The lowest BCUT2D eigenvalue weighted by molar-refractivity contribution is -0.142. The number of carbonyl (C=O) groups is 2. The van der Waals surface area contributed by atoms with E-state index in [1.807, 2.05) is 11.8 Å². The molecule has 0 unspecified atom stereocenters. The van der Waals surface area contributed by atoms with Crippen LogP contribution in [0.15, 0.2) is 28.0 Å². The molecule has 1 heterocycles. The normalized spacial score (nSPS) is 17.6. The van der Waals surface area contributed by atoms with Gasteiger partial charge in [0.25, 0.3) is 0 Å². The minimum atomic E-state index is -1.03. The van der Waals surface area contributed by atoms with Gasteiger partial charge >= 0.3 is 11.9 Å². The number of ether oxygens (including phenoxy) is 1. The molecule has 41 heavy (non-hydrogen) atoms. The van der Waals surface area contributed by atoms with Gasteiger partial charge in [-0.3, -0.25) is 9.59 Å². The highest BCUT2D eigenvalue weighted by atomic mass is 32.2. The Morgan fingerprint density at radius 1 is 0.805 bits per heavy atom. The molecule has 2 aromatic rings. The van der Waals surface area contributed by atoms with Crippen molar-refractivity contribution < 1.29 is 24.5 Å². The van der Waals surface area contributed by atoms with E-state index in [0.29, 0.717) is 11.5 Å². The molecular weight excluding hydrogens is 553 g/mol. The molecule has 7 heteroatoms. The SMILES string of the molecule is CC(C)(C)c1cc2c(c(C(C)(C)C)c1O)[C@@](C)(Sc1cc(C(C)(C)C)c(OC(=O)CCC(=O)O)c(C(C)(C)C)c1)S2. The van der Waals surface area contributed by atoms with Crippen LogP contribution in [0.4, 0.5) is 0 Å². The van der Waals surface area contributed by atoms with Gasteiger partial charge in [-0.15, -0.1) is 23.5 Å². The topological polar surface area (TPSA) is 83.8 Å². The van der Waals surface area contributed by atoms with Gasteiger partial charge in [-0.05, 0) is 52.3 Å². The fourth-order valence-corrected chi connectivity index (χ4v) is 8.32. The molecule has 3 rings (SSSR count). The van der Waals surface area contributed by atoms with Crippen LogP contribution < -0.4 is 4.74 Å². The van der Waals surface area contributed by atoms with Crippen LogP contribution in [0.3, 0.4) is 0 Å². The average Bonchev–Trinajstić information content (AvgIpc) is 2.75. The van der Waals surface area contributed by atoms with E-state index in [4.69, 9.17) is 9.84 Å². The summed E-state index contributed by atoms with van der Waals surface area (Å²) in [6.07, 6.45) is -0.447. The Balaban J connectivity index is 2.18. The van der Waals surface area contributed by atoms with Gasteiger partial charge in [0, 0.05) is 32.0 Å². The first-order valence-corrected chi connectivity index (χ1v) is 15.9. The Hall–Kier alpha value is -2.12. The Bertz CT molecular complexity index is 1330. The quantitative estimate of drug-likeness (QED) is 0.252. The monoisotopic (exact) mass is 600 g/mol. The lowest BCUT2D eigenvalue weighted by Gasteiger charge is -2.45. The van der Waals surface area contributed by atoms with Crippen LogP contribution in [0.5, 0.6) is 11.5 Å². The Morgan fingerprint density at radius 2 is 1.29 bits per heavy atom. The second kappa shape index (κ2) is 10.9. The number of esters is 1. The molecule has 5 nitrogen and oxygen atoms in total. The van der Waals surface area contributed by atoms with Crippen molar-refractivity contribution in [3.8, 4) is 11.5 Å². The molecule has 0 aliphatic carbocycles. The number of hydrogen-bond acceptors (Lipinski definition) is 6. The fraction of sp³-hybridized carbons (Fsp3) is 0.588. The summed E-state index contributed by atoms with van der Waals surface area (Å²) < 4.78 is 5.61. The van der Waals surface area contributed by atoms with Crippen molar-refractivity contribution in [2.24, 2.45) is 0 Å². The van der Waals surface area contributed by atoms with Crippen molar-refractivity contribution in [3.63, 3.8) is 0 Å². The maximum absolute atomic E-state index is 12.7. The van der Waals surface area contributed by atoms with Crippen LogP contribution in [0.2, 0.25) is 0 Å². The molecule has 0 bridgehead atoms. The molecule has 2 N–H and O–H groups in total. The number of carbonyl (C=O) groups excluding carboxylic acids is 1. The molecule has 2 aromatic carbocycles. The molecule has 0 saturated carbocycles. The summed E-state index contributed by atoms with van der Waals surface area (Å²) in [5.74, 6) is -0.647. The zero-order chi connectivity index (χ0) is 31.5. The molecule has 0 amide bonds. The third-order valence-electron chi connectivity index (χ3n) is 7.33. The van der Waals surface area contributed by atoms with Gasteiger partial charge in [-0.1, -0.05) is 83.1 Å². The van der Waals surface area contributed by atoms with Gasteiger partial charge in [0.2, 0.25) is 0 Å². The Labute approximate surface area is 255 Å². The summed E-state index contributed by atoms with van der Waals surface area (Å²) in [5.41, 5.74) is 3.88. The molecule has 0 spiro atoms. The third-order valence-corrected chi connectivity index (χ3v) is 10.0. The predicted octanol–water partition coefficient (Wildman–Crippen LogP) is 9.42. The van der Waals surface area contributed by atoms with E-state index in [-0.39, 0.29) is 38.6 Å². The van der Waals surface area contributed by atoms with Crippen LogP contribution in [-0.4, -0.2) is 22.2 Å². The lowest BCUT2D eigenvalue weighted by atomic mass is 9.76. The first kappa shape index (κ1) is 33.4. The number of aromatic hydroxyl groups is 1. The van der Waals surface area contributed by atoms with Gasteiger partial charge in [-0.25, -0.2) is 0 Å². The van der Waals surface area contributed by atoms with Gasteiger partial charge < -0.3 is 14.9 Å². The first-order valence-electron chi connectivity index (χ1n) is 14.3. The highest BCUT2D eigenvalue weighted by molar-refractivity contribution is 8.18. The van der Waals surface area contributed by atoms with Gasteiger partial charge in [-0.2, -0.15) is 0 Å². The molecule has 226 valence electrons. The fourth-order valence-electron chi connectivity index (χ4n) is 5.25. The number of hydrogen-bond donors (Lipinski definition) is 2. The minimum Gasteiger partial charge on any atom is -0.507 e. The van der Waals surface area contributed by atoms with Crippen molar-refractivity contribution in [3.05, 3.63) is 46.0 Å². The number of phenols is 1. The molecule has 0 fully saturated rings. The maximum atomic E-state index is 12.7. The number of rotatable bonds is 6. The predicted molar refractivity (Wildman–Crippen MR) is 171 cm³/mol. The second-order valence-electron chi connectivity index (χ2n) is 15.4. The molecule has 1 aliphatic rings. The lowest BCUT2D eigenvalue weighted by Crippen LogP contribution is -2.31. The minimum absolute atomic E-state index is 0.180. The van der Waals surface area contributed by atoms with E-state index in [2.05, 4.69) is 108 Å². The second-order valence-corrected chi connectivity index (χ2v) is 18.6. The summed E-state index contributed by atoms with van der Waals surface area (Å²) in [5, 5.41) is 20.6. The number of carboxylic acid groups (broad SMARTS) is 1. The number of aliphatic carboxylic acids is 1. The third kappa shape index (κ3) is 7.10. The highest BCUT2D eigenvalue weighted by Crippen LogP contribution is 2.67. The van der Waals surface area contributed by atoms with Crippen LogP contribution in [0.25, 0.3) is 0 Å². The summed E-state index contributed by atoms with van der Waals surface area (Å²) >= 11 is 3.59. The number of thioether (sulfide) groups is 2. The number of carboxylic acids is 1. The smallest absolute Gasteiger partial charge is 0.311 e. The highest BCUT2D eigenvalue weighted by Gasteiger charge is 2.47. The standard InChI is InChI=1S/C34H48O5S2/c1-30(2,3)20-18-23-26(27(28(20)38)33(10,11)12)34(13,41-23)40-19-16-21(31(4,5)6)29(22(17-19)32(7,8)9)39-25(37)15-14-24(35)36/h16-18,38H,14-15H2,1-13H3,(H,35,36)/t34-/m0/s1. The first-order chi connectivity index (χ1) is 18.4. The molecular formula is C34H48O5S2. The van der Waals surface area contributed by atoms with Crippen molar-refractivity contribution in [1.82, 2.24) is 0 Å². The molecule has 0 radical (unpaired) electrons. The van der Waals surface area contributed by atoms with E-state index in [1.165, 1.54) is 10.5 Å². The Morgan fingerprint density at radius 3 is 1.71 bits per heavy atom. The zero-order valence-electron chi connectivity index (χ0n) is 27.1. The zero-order valence-corrected chi connectivity index (χ0v) is 28.7. The summed E-state index contributed by atoms with van der Waals surface area (Å²) in [7, 11) is 0. The van der Waals surface area contributed by atoms with Crippen molar-refractivity contribution in [1.29, 1.82) is 0 Å². The Kier molecular flexibility index (Phi) is 8.84. The van der Waals surface area contributed by atoms with Gasteiger partial charge in [0.15, 0.2) is 0 Å². The number of benzene rings is 2. The van der Waals surface area contributed by atoms with E-state index < -0.39 is 11.9 Å². The summed E-state index contributed by atoms with van der Waals surface area (Å²) in [6.45, 7) is 27.7. The summed E-state index contributed by atoms with van der Waals surface area (Å²) in [4.78, 5) is 26.1. The van der Waals surface area contributed by atoms with Crippen LogP contribution >= 0.6 is 23.5 Å². The average molecular weight is 601 g/mol. The van der Waals surface area contributed by atoms with E-state index in [1.54, 1.807) is 11.8 Å². The molecule has 0 saturated heterocycles. The van der Waals surface area contributed by atoms with Gasteiger partial charge in [0.05, 0.1) is 16.9 Å². The molecule has 0 aromatic heterocycles. The van der Waals surface area contributed by atoms with Crippen LogP contribution in [0, 0.1) is 0 Å². The summed E-state index contributed by atoms with van der Waals surface area (Å²) in [6, 6.07) is 6.39. The van der Waals surface area contributed by atoms with E-state index >= 15 is 0 Å². The van der Waals surface area contributed by atoms with E-state index in [0.717, 1.165) is 27.1 Å². The van der Waals surface area contributed by atoms with E-state index in [9.17, 15) is 14.7 Å². The van der Waals surface area contributed by atoms with Crippen LogP contribution in [-0.2, 0) is 35.3 Å². The number of fused-ring (bicyclic) bond motifs is 1. The number of phenolic OH excluding ortho intramolecular Hbond substituents is 1. The van der Waals surface area contributed by atoms with Crippen molar-refractivity contribution in [2.75, 3.05) is 0 Å². The van der Waals surface area contributed by atoms with Gasteiger partial charge in [0.1, 0.15) is 11.5 Å². The molecule has 1 atom stereocenters. The largest absolute Gasteiger partial charge is 0.507 e. The van der Waals surface area contributed by atoms with Crippen molar-refractivity contribution in [2.45, 2.75) is 138 Å². The maximum Gasteiger partial charge on any atom is 0.311 e. The van der Waals surface area contributed by atoms with Crippen LogP contribution in [0.1, 0.15) is 131 Å². The molecule has 1 aliphatic heterocycles.